The van der Waals surface area contributed by atoms with Crippen molar-refractivity contribution in [3.63, 3.8) is 0 Å². The Bertz CT molecular complexity index is 851. The molecule has 1 N–H and O–H groups in total. The van der Waals surface area contributed by atoms with Crippen molar-refractivity contribution in [2.75, 3.05) is 20.3 Å². The van der Waals surface area contributed by atoms with Gasteiger partial charge in [-0.05, 0) is 29.5 Å². The van der Waals surface area contributed by atoms with Gasteiger partial charge >= 0.3 is 0 Å². The Kier molecular flexibility index (Phi) is 5.76. The van der Waals surface area contributed by atoms with E-state index in [0.29, 0.717) is 24.7 Å². The zero-order valence-corrected chi connectivity index (χ0v) is 14.3. The Morgan fingerprint density at radius 3 is 2.73 bits per heavy atom. The van der Waals surface area contributed by atoms with Crippen molar-refractivity contribution in [2.24, 2.45) is 0 Å². The van der Waals surface area contributed by atoms with Gasteiger partial charge in [0.15, 0.2) is 0 Å². The summed E-state index contributed by atoms with van der Waals surface area (Å²) in [6.45, 7) is 0.767. The molecule has 0 bridgehead atoms. The van der Waals surface area contributed by atoms with E-state index in [-0.39, 0.29) is 12.5 Å². The number of tetrazole rings is 1. The predicted octanol–water partition coefficient (Wildman–Crippen LogP) is 1.54. The number of nitrogens with zero attached hydrogens (tertiary/aromatic N) is 4. The van der Waals surface area contributed by atoms with Crippen molar-refractivity contribution >= 4 is 5.91 Å². The quantitative estimate of drug-likeness (QED) is 0.618. The number of benzene rings is 2. The summed E-state index contributed by atoms with van der Waals surface area (Å²) >= 11 is 0. The van der Waals surface area contributed by atoms with Crippen LogP contribution in [0.1, 0.15) is 0 Å². The van der Waals surface area contributed by atoms with E-state index in [0.717, 1.165) is 11.3 Å². The monoisotopic (exact) mass is 353 g/mol. The van der Waals surface area contributed by atoms with Gasteiger partial charge < -0.3 is 14.8 Å². The van der Waals surface area contributed by atoms with Gasteiger partial charge in [0, 0.05) is 5.56 Å². The topological polar surface area (TPSA) is 91.2 Å². The number of hydrogen-bond donors (Lipinski definition) is 1. The number of carbonyl (C=O) groups excluding carboxylic acids is 1. The van der Waals surface area contributed by atoms with Gasteiger partial charge in [-0.2, -0.15) is 4.80 Å². The maximum Gasteiger partial charge on any atom is 0.243 e. The highest BCUT2D eigenvalue weighted by atomic mass is 16.5. The van der Waals surface area contributed by atoms with Gasteiger partial charge in [0.2, 0.25) is 11.7 Å². The molecule has 1 aromatic heterocycles. The van der Waals surface area contributed by atoms with E-state index in [4.69, 9.17) is 9.47 Å². The number of rotatable bonds is 8. The number of aromatic nitrogens is 4. The Morgan fingerprint density at radius 1 is 1.12 bits per heavy atom. The predicted molar refractivity (Wildman–Crippen MR) is 94.8 cm³/mol. The second-order valence-corrected chi connectivity index (χ2v) is 5.39. The van der Waals surface area contributed by atoms with Crippen LogP contribution in [0.15, 0.2) is 54.6 Å². The second-order valence-electron chi connectivity index (χ2n) is 5.39. The lowest BCUT2D eigenvalue weighted by molar-refractivity contribution is -0.122. The van der Waals surface area contributed by atoms with E-state index in [2.05, 4.69) is 20.7 Å². The highest BCUT2D eigenvalue weighted by molar-refractivity contribution is 5.75. The highest BCUT2D eigenvalue weighted by Gasteiger charge is 2.09. The molecule has 0 unspecified atom stereocenters. The molecular weight excluding hydrogens is 334 g/mol. The minimum Gasteiger partial charge on any atom is -0.497 e. The van der Waals surface area contributed by atoms with Crippen LogP contribution in [0.3, 0.4) is 0 Å². The molecular formula is C18H19N5O3. The third kappa shape index (κ3) is 4.79. The fourth-order valence-electron chi connectivity index (χ4n) is 2.25. The van der Waals surface area contributed by atoms with E-state index in [1.807, 2.05) is 54.6 Å². The Labute approximate surface area is 150 Å². The molecule has 0 radical (unpaired) electrons. The van der Waals surface area contributed by atoms with Crippen LogP contribution >= 0.6 is 0 Å². The van der Waals surface area contributed by atoms with Crippen LogP contribution in [0.25, 0.3) is 11.4 Å². The lowest BCUT2D eigenvalue weighted by Crippen LogP contribution is -2.31. The largest absolute Gasteiger partial charge is 0.497 e. The van der Waals surface area contributed by atoms with Gasteiger partial charge in [0.1, 0.15) is 24.7 Å². The molecule has 1 heterocycles. The van der Waals surface area contributed by atoms with E-state index < -0.39 is 0 Å². The summed E-state index contributed by atoms with van der Waals surface area (Å²) < 4.78 is 10.7. The summed E-state index contributed by atoms with van der Waals surface area (Å²) in [5.74, 6) is 1.69. The molecule has 0 saturated carbocycles. The minimum atomic E-state index is -0.212. The molecule has 26 heavy (non-hydrogen) atoms. The summed E-state index contributed by atoms with van der Waals surface area (Å²) in [5.41, 5.74) is 0.771. The summed E-state index contributed by atoms with van der Waals surface area (Å²) in [6.07, 6.45) is 0. The number of ether oxygens (including phenoxy) is 2. The van der Waals surface area contributed by atoms with Gasteiger partial charge in [-0.3, -0.25) is 4.79 Å². The molecule has 0 atom stereocenters. The van der Waals surface area contributed by atoms with Crippen LogP contribution in [0, 0.1) is 0 Å². The van der Waals surface area contributed by atoms with Crippen molar-refractivity contribution in [3.8, 4) is 22.9 Å². The highest BCUT2D eigenvalue weighted by Crippen LogP contribution is 2.19. The number of nitrogens with one attached hydrogen (secondary N) is 1. The molecule has 3 rings (SSSR count). The summed E-state index contributed by atoms with van der Waals surface area (Å²) in [4.78, 5) is 13.2. The average molecular weight is 353 g/mol. The number of methoxy groups -OCH3 is 1. The van der Waals surface area contributed by atoms with Crippen molar-refractivity contribution in [2.45, 2.75) is 6.54 Å². The molecule has 0 aliphatic carbocycles. The molecule has 134 valence electrons. The summed E-state index contributed by atoms with van der Waals surface area (Å²) in [7, 11) is 1.59. The Hall–Kier alpha value is -3.42. The minimum absolute atomic E-state index is 0.0116. The van der Waals surface area contributed by atoms with Crippen molar-refractivity contribution < 1.29 is 14.3 Å². The molecule has 3 aromatic rings. The fourth-order valence-corrected chi connectivity index (χ4v) is 2.25. The van der Waals surface area contributed by atoms with Crippen molar-refractivity contribution in [1.82, 2.24) is 25.5 Å². The van der Waals surface area contributed by atoms with Crippen LogP contribution in [0.2, 0.25) is 0 Å². The number of carbonyl (C=O) groups is 1. The molecule has 8 heteroatoms. The summed E-state index contributed by atoms with van der Waals surface area (Å²) in [6, 6.07) is 16.8. The Balaban J connectivity index is 1.46. The third-order valence-corrected chi connectivity index (χ3v) is 3.50. The molecule has 0 spiro atoms. The first kappa shape index (κ1) is 17.4. The van der Waals surface area contributed by atoms with Crippen LogP contribution in [-0.2, 0) is 11.3 Å². The average Bonchev–Trinajstić information content (AvgIpc) is 3.14. The first-order valence-electron chi connectivity index (χ1n) is 8.11. The third-order valence-electron chi connectivity index (χ3n) is 3.50. The molecule has 2 aromatic carbocycles. The van der Waals surface area contributed by atoms with Gasteiger partial charge in [-0.25, -0.2) is 0 Å². The maximum absolute atomic E-state index is 12.0. The SMILES string of the molecule is COc1cccc(-c2nnn(CC(=O)NCCOc3ccccc3)n2)c1. The fraction of sp³-hybridized carbons (Fsp3) is 0.222. The van der Waals surface area contributed by atoms with Gasteiger partial charge in [0.25, 0.3) is 0 Å². The zero-order valence-electron chi connectivity index (χ0n) is 14.3. The second kappa shape index (κ2) is 8.61. The van der Waals surface area contributed by atoms with E-state index in [9.17, 15) is 4.79 Å². The van der Waals surface area contributed by atoms with Gasteiger partial charge in [0.05, 0.1) is 13.7 Å². The number of hydrogen-bond acceptors (Lipinski definition) is 6. The molecule has 0 saturated heterocycles. The molecule has 8 nitrogen and oxygen atoms in total. The standard InChI is InChI=1S/C18H19N5O3/c1-25-16-9-5-6-14(12-16)18-20-22-23(21-18)13-17(24)19-10-11-26-15-7-3-2-4-8-15/h2-9,12H,10-11,13H2,1H3,(H,19,24). The lowest BCUT2D eigenvalue weighted by atomic mass is 10.2. The summed E-state index contributed by atoms with van der Waals surface area (Å²) in [5, 5.41) is 14.9. The molecule has 0 aliphatic rings. The van der Waals surface area contributed by atoms with Gasteiger partial charge in [-0.1, -0.05) is 30.3 Å². The molecule has 1 amide bonds. The van der Waals surface area contributed by atoms with E-state index in [1.54, 1.807) is 7.11 Å². The normalized spacial score (nSPS) is 10.3. The van der Waals surface area contributed by atoms with Gasteiger partial charge in [-0.15, -0.1) is 10.2 Å². The van der Waals surface area contributed by atoms with Crippen molar-refractivity contribution in [1.29, 1.82) is 0 Å². The van der Waals surface area contributed by atoms with E-state index in [1.165, 1.54) is 4.80 Å². The van der Waals surface area contributed by atoms with Crippen LogP contribution < -0.4 is 14.8 Å². The smallest absolute Gasteiger partial charge is 0.243 e. The van der Waals surface area contributed by atoms with Crippen LogP contribution in [-0.4, -0.2) is 46.4 Å². The van der Waals surface area contributed by atoms with Crippen LogP contribution in [0.5, 0.6) is 11.5 Å². The van der Waals surface area contributed by atoms with Crippen LogP contribution in [0.4, 0.5) is 0 Å². The number of amides is 1. The first-order chi connectivity index (χ1) is 12.7. The number of para-hydroxylation sites is 1. The van der Waals surface area contributed by atoms with Crippen molar-refractivity contribution in [3.05, 3.63) is 54.6 Å². The zero-order chi connectivity index (χ0) is 18.2. The maximum atomic E-state index is 12.0. The first-order valence-corrected chi connectivity index (χ1v) is 8.11. The lowest BCUT2D eigenvalue weighted by Gasteiger charge is -2.07. The molecule has 0 aliphatic heterocycles. The molecule has 0 fully saturated rings. The van der Waals surface area contributed by atoms with E-state index >= 15 is 0 Å². The Morgan fingerprint density at radius 2 is 1.92 bits per heavy atom.